The van der Waals surface area contributed by atoms with Crippen LogP contribution in [-0.2, 0) is 4.79 Å². The van der Waals surface area contributed by atoms with Crippen molar-refractivity contribution in [1.82, 2.24) is 10.2 Å². The van der Waals surface area contributed by atoms with Gasteiger partial charge in [-0.2, -0.15) is 0 Å². The molecule has 29 heavy (non-hydrogen) atoms. The number of rotatable bonds is 6. The molecule has 0 aliphatic carbocycles. The van der Waals surface area contributed by atoms with Crippen LogP contribution in [0.25, 0.3) is 6.08 Å². The molecule has 1 heterocycles. The summed E-state index contributed by atoms with van der Waals surface area (Å²) >= 11 is 0.759. The highest BCUT2D eigenvalue weighted by Crippen LogP contribution is 2.32. The first kappa shape index (κ1) is 20.6. The first-order valence-electron chi connectivity index (χ1n) is 8.92. The highest BCUT2D eigenvalue weighted by Gasteiger charge is 2.34. The zero-order valence-corrected chi connectivity index (χ0v) is 16.8. The largest absolute Gasteiger partial charge is 0.378 e. The van der Waals surface area contributed by atoms with Crippen LogP contribution < -0.4 is 10.2 Å². The Kier molecular flexibility index (Phi) is 6.33. The Morgan fingerprint density at radius 1 is 1.17 bits per heavy atom. The second-order valence-corrected chi connectivity index (χ2v) is 7.55. The number of anilines is 1. The number of amides is 3. The summed E-state index contributed by atoms with van der Waals surface area (Å²) in [7, 11) is 3.76. The number of thioether (sulfide) groups is 1. The summed E-state index contributed by atoms with van der Waals surface area (Å²) in [6.07, 6.45) is 1.37. The Hall–Kier alpha value is -3.13. The number of carbonyl (C=O) groups is 3. The van der Waals surface area contributed by atoms with Gasteiger partial charge in [-0.05, 0) is 42.1 Å². The fraction of sp³-hybridized carbons (Fsp3) is 0.190. The molecule has 0 bridgehead atoms. The lowest BCUT2D eigenvalue weighted by Gasteiger charge is -2.15. The van der Waals surface area contributed by atoms with E-state index in [4.69, 9.17) is 0 Å². The molecule has 0 unspecified atom stereocenters. The minimum atomic E-state index is -0.493. The molecule has 2 aromatic rings. The number of nitrogens with one attached hydrogen (secondary N) is 1. The van der Waals surface area contributed by atoms with Gasteiger partial charge in [0.05, 0.1) is 4.91 Å². The van der Waals surface area contributed by atoms with Crippen LogP contribution in [0.4, 0.5) is 14.9 Å². The minimum Gasteiger partial charge on any atom is -0.378 e. The van der Waals surface area contributed by atoms with E-state index in [1.807, 2.05) is 25.1 Å². The molecule has 1 N–H and O–H groups in total. The van der Waals surface area contributed by atoms with E-state index in [0.717, 1.165) is 22.3 Å². The van der Waals surface area contributed by atoms with Gasteiger partial charge in [0.15, 0.2) is 0 Å². The molecule has 1 aliphatic rings. The number of nitrogens with zero attached hydrogens (tertiary/aromatic N) is 2. The third-order valence-corrected chi connectivity index (χ3v) is 5.22. The number of benzene rings is 2. The summed E-state index contributed by atoms with van der Waals surface area (Å²) in [5, 5.41) is 2.27. The molecule has 3 rings (SSSR count). The van der Waals surface area contributed by atoms with E-state index in [1.54, 1.807) is 30.3 Å². The number of hydrogen-bond donors (Lipinski definition) is 1. The molecule has 1 saturated heterocycles. The van der Waals surface area contributed by atoms with Crippen LogP contribution in [0.1, 0.15) is 15.9 Å². The van der Waals surface area contributed by atoms with Crippen molar-refractivity contribution < 1.29 is 18.8 Å². The summed E-state index contributed by atoms with van der Waals surface area (Å²) in [6.45, 7) is 0.161. The first-order chi connectivity index (χ1) is 13.9. The highest BCUT2D eigenvalue weighted by molar-refractivity contribution is 8.18. The molecule has 2 aromatic carbocycles. The van der Waals surface area contributed by atoms with Gasteiger partial charge in [0.1, 0.15) is 5.82 Å². The topological polar surface area (TPSA) is 69.7 Å². The van der Waals surface area contributed by atoms with Crippen LogP contribution in [-0.4, -0.2) is 49.1 Å². The van der Waals surface area contributed by atoms with E-state index < -0.39 is 17.0 Å². The van der Waals surface area contributed by atoms with Crippen molar-refractivity contribution in [2.45, 2.75) is 0 Å². The average Bonchev–Trinajstić information content (AvgIpc) is 2.97. The molecular weight excluding hydrogens is 393 g/mol. The normalized spacial score (nSPS) is 15.1. The smallest absolute Gasteiger partial charge is 0.293 e. The molecule has 1 aliphatic heterocycles. The fourth-order valence-corrected chi connectivity index (χ4v) is 3.59. The van der Waals surface area contributed by atoms with E-state index in [1.165, 1.54) is 18.2 Å². The van der Waals surface area contributed by atoms with Crippen molar-refractivity contribution >= 4 is 40.6 Å². The average molecular weight is 413 g/mol. The van der Waals surface area contributed by atoms with Crippen LogP contribution in [0.2, 0.25) is 0 Å². The van der Waals surface area contributed by atoms with Gasteiger partial charge in [0, 0.05) is 44.0 Å². The van der Waals surface area contributed by atoms with Gasteiger partial charge < -0.3 is 10.2 Å². The van der Waals surface area contributed by atoms with Gasteiger partial charge in [0.2, 0.25) is 0 Å². The van der Waals surface area contributed by atoms with Gasteiger partial charge >= 0.3 is 0 Å². The summed E-state index contributed by atoms with van der Waals surface area (Å²) in [5.41, 5.74) is 1.62. The predicted molar refractivity (Wildman–Crippen MR) is 112 cm³/mol. The van der Waals surface area contributed by atoms with Crippen molar-refractivity contribution in [3.63, 3.8) is 0 Å². The lowest BCUT2D eigenvalue weighted by Crippen LogP contribution is -2.37. The third kappa shape index (κ3) is 4.83. The quantitative estimate of drug-likeness (QED) is 0.736. The molecule has 0 saturated carbocycles. The lowest BCUT2D eigenvalue weighted by atomic mass is 10.2. The SMILES string of the molecule is CN(C)c1cccc(C(=O)NCCN2C(=O)S/C(=C\c3ccccc3F)C2=O)c1. The zero-order valence-electron chi connectivity index (χ0n) is 16.0. The van der Waals surface area contributed by atoms with Gasteiger partial charge in [-0.15, -0.1) is 0 Å². The van der Waals surface area contributed by atoms with E-state index in [2.05, 4.69) is 5.32 Å². The summed E-state index contributed by atoms with van der Waals surface area (Å²) in [4.78, 5) is 40.0. The second kappa shape index (κ2) is 8.91. The minimum absolute atomic E-state index is 0.0401. The summed E-state index contributed by atoms with van der Waals surface area (Å²) < 4.78 is 13.8. The van der Waals surface area contributed by atoms with Crippen LogP contribution >= 0.6 is 11.8 Å². The Bertz CT molecular complexity index is 991. The van der Waals surface area contributed by atoms with Crippen molar-refractivity contribution in [3.05, 3.63) is 70.4 Å². The van der Waals surface area contributed by atoms with Crippen LogP contribution in [0.3, 0.4) is 0 Å². The molecule has 8 heteroatoms. The van der Waals surface area contributed by atoms with Gasteiger partial charge in [-0.25, -0.2) is 4.39 Å². The van der Waals surface area contributed by atoms with E-state index in [0.29, 0.717) is 5.56 Å². The molecular formula is C21H20FN3O3S. The molecule has 0 atom stereocenters. The molecule has 0 spiro atoms. The lowest BCUT2D eigenvalue weighted by molar-refractivity contribution is -0.122. The Morgan fingerprint density at radius 3 is 2.66 bits per heavy atom. The standard InChI is InChI=1S/C21H20FN3O3S/c1-24(2)16-8-5-7-15(12-16)19(26)23-10-11-25-20(27)18(29-21(25)28)13-14-6-3-4-9-17(14)22/h3-9,12-13H,10-11H2,1-2H3,(H,23,26)/b18-13-. The zero-order chi connectivity index (χ0) is 21.0. The third-order valence-electron chi connectivity index (χ3n) is 4.31. The van der Waals surface area contributed by atoms with E-state index in [9.17, 15) is 18.8 Å². The number of carbonyl (C=O) groups excluding carboxylic acids is 3. The molecule has 3 amide bonds. The number of halogens is 1. The Labute approximate surface area is 172 Å². The second-order valence-electron chi connectivity index (χ2n) is 6.56. The van der Waals surface area contributed by atoms with Gasteiger partial charge in [-0.1, -0.05) is 24.3 Å². The van der Waals surface area contributed by atoms with Crippen molar-refractivity contribution in [2.24, 2.45) is 0 Å². The molecule has 6 nitrogen and oxygen atoms in total. The van der Waals surface area contributed by atoms with Gasteiger partial charge in [-0.3, -0.25) is 19.3 Å². The first-order valence-corrected chi connectivity index (χ1v) is 9.74. The summed E-state index contributed by atoms with van der Waals surface area (Å²) in [6, 6.07) is 13.1. The summed E-state index contributed by atoms with van der Waals surface area (Å²) in [5.74, 6) is -1.25. The van der Waals surface area contributed by atoms with Crippen molar-refractivity contribution in [3.8, 4) is 0 Å². The molecule has 1 fully saturated rings. The van der Waals surface area contributed by atoms with E-state index in [-0.39, 0.29) is 29.5 Å². The molecule has 0 radical (unpaired) electrons. The maximum absolute atomic E-state index is 13.8. The van der Waals surface area contributed by atoms with Gasteiger partial charge in [0.25, 0.3) is 17.1 Å². The maximum atomic E-state index is 13.8. The fourth-order valence-electron chi connectivity index (χ4n) is 2.73. The van der Waals surface area contributed by atoms with Crippen LogP contribution in [0.5, 0.6) is 0 Å². The van der Waals surface area contributed by atoms with Crippen LogP contribution in [0.15, 0.2) is 53.4 Å². The molecule has 150 valence electrons. The Balaban J connectivity index is 1.60. The monoisotopic (exact) mass is 413 g/mol. The van der Waals surface area contributed by atoms with Crippen molar-refractivity contribution in [1.29, 1.82) is 0 Å². The molecule has 0 aromatic heterocycles. The number of hydrogen-bond acceptors (Lipinski definition) is 5. The Morgan fingerprint density at radius 2 is 1.93 bits per heavy atom. The number of imide groups is 1. The van der Waals surface area contributed by atoms with Crippen LogP contribution in [0, 0.1) is 5.82 Å². The maximum Gasteiger partial charge on any atom is 0.293 e. The highest BCUT2D eigenvalue weighted by atomic mass is 32.2. The van der Waals surface area contributed by atoms with E-state index >= 15 is 0 Å². The van der Waals surface area contributed by atoms with Crippen molar-refractivity contribution in [2.75, 3.05) is 32.1 Å². The predicted octanol–water partition coefficient (Wildman–Crippen LogP) is 3.36.